The van der Waals surface area contributed by atoms with Crippen molar-refractivity contribution in [3.8, 4) is 0 Å². The monoisotopic (exact) mass is 244 g/mol. The van der Waals surface area contributed by atoms with E-state index in [2.05, 4.69) is 20.8 Å². The average molecular weight is 244 g/mol. The lowest BCUT2D eigenvalue weighted by Gasteiger charge is -2.27. The second-order valence-corrected chi connectivity index (χ2v) is 9.38. The van der Waals surface area contributed by atoms with Gasteiger partial charge in [-0.3, -0.25) is 0 Å². The molecule has 0 aliphatic heterocycles. The van der Waals surface area contributed by atoms with Crippen LogP contribution in [0.1, 0.15) is 53.4 Å². The smallest absolute Gasteiger partial charge is 0.191 e. The molecule has 3 heteroatoms. The Morgan fingerprint density at radius 3 is 2.00 bits per heavy atom. The summed E-state index contributed by atoms with van der Waals surface area (Å²) >= 11 is 0. The van der Waals surface area contributed by atoms with Crippen LogP contribution in [0.4, 0.5) is 0 Å². The molecule has 0 radical (unpaired) electrons. The van der Waals surface area contributed by atoms with Crippen molar-refractivity contribution in [1.82, 2.24) is 0 Å². The second kappa shape index (κ2) is 8.94. The highest BCUT2D eigenvalue weighted by molar-refractivity contribution is 6.73. The molecule has 0 bridgehead atoms. The number of hydrogen-bond donors (Lipinski definition) is 0. The van der Waals surface area contributed by atoms with Gasteiger partial charge in [-0.2, -0.15) is 0 Å². The Kier molecular flexibility index (Phi) is 8.85. The molecule has 0 saturated carbocycles. The maximum Gasteiger partial charge on any atom is 0.191 e. The first kappa shape index (κ1) is 15.8. The maximum atomic E-state index is 10.8. The molecule has 0 aromatic rings. The van der Waals surface area contributed by atoms with Gasteiger partial charge in [0.05, 0.1) is 0 Å². The van der Waals surface area contributed by atoms with E-state index in [-0.39, 0.29) is 0 Å². The summed E-state index contributed by atoms with van der Waals surface area (Å²) < 4.78 is 6.14. The fourth-order valence-electron chi connectivity index (χ4n) is 2.00. The van der Waals surface area contributed by atoms with Crippen molar-refractivity contribution in [2.75, 3.05) is 6.61 Å². The summed E-state index contributed by atoms with van der Waals surface area (Å²) in [7, 11) is -1.37. The molecular formula is C13H28O2Si. The molecule has 0 aromatic carbocycles. The molecule has 2 nitrogen and oxygen atoms in total. The molecule has 0 aliphatic rings. The van der Waals surface area contributed by atoms with Gasteiger partial charge in [0.2, 0.25) is 0 Å². The van der Waals surface area contributed by atoms with E-state index >= 15 is 0 Å². The highest BCUT2D eigenvalue weighted by Crippen LogP contribution is 2.21. The SMILES string of the molecule is CC[Si](CC)(CC)OCCCCCC(C)=O. The molecule has 96 valence electrons. The summed E-state index contributed by atoms with van der Waals surface area (Å²) in [6.45, 7) is 9.35. The molecule has 0 fully saturated rings. The predicted molar refractivity (Wildman–Crippen MR) is 72.3 cm³/mol. The molecule has 0 spiro atoms. The van der Waals surface area contributed by atoms with Crippen LogP contribution >= 0.6 is 0 Å². The van der Waals surface area contributed by atoms with Crippen LogP contribution in [0.15, 0.2) is 0 Å². The van der Waals surface area contributed by atoms with Gasteiger partial charge in [0.1, 0.15) is 5.78 Å². The minimum atomic E-state index is -1.37. The van der Waals surface area contributed by atoms with E-state index in [1.165, 1.54) is 18.1 Å². The van der Waals surface area contributed by atoms with E-state index in [0.29, 0.717) is 5.78 Å². The molecule has 0 saturated heterocycles. The van der Waals surface area contributed by atoms with Gasteiger partial charge in [-0.05, 0) is 37.9 Å². The topological polar surface area (TPSA) is 26.3 Å². The molecule has 0 unspecified atom stereocenters. The van der Waals surface area contributed by atoms with Gasteiger partial charge in [0, 0.05) is 13.0 Å². The van der Waals surface area contributed by atoms with E-state index in [9.17, 15) is 4.79 Å². The number of carbonyl (C=O) groups is 1. The van der Waals surface area contributed by atoms with Gasteiger partial charge in [-0.25, -0.2) is 0 Å². The third kappa shape index (κ3) is 6.43. The third-order valence-corrected chi connectivity index (χ3v) is 8.20. The summed E-state index contributed by atoms with van der Waals surface area (Å²) in [5.41, 5.74) is 0. The summed E-state index contributed by atoms with van der Waals surface area (Å²) in [4.78, 5) is 10.8. The molecule has 0 N–H and O–H groups in total. The van der Waals surface area contributed by atoms with Crippen molar-refractivity contribution in [2.24, 2.45) is 0 Å². The van der Waals surface area contributed by atoms with E-state index < -0.39 is 8.32 Å². The molecule has 0 aliphatic carbocycles. The molecule has 0 atom stereocenters. The van der Waals surface area contributed by atoms with Crippen LogP contribution in [0.25, 0.3) is 0 Å². The van der Waals surface area contributed by atoms with Crippen LogP contribution in [0.3, 0.4) is 0 Å². The highest BCUT2D eigenvalue weighted by Gasteiger charge is 2.27. The molecule has 16 heavy (non-hydrogen) atoms. The summed E-state index contributed by atoms with van der Waals surface area (Å²) in [6.07, 6.45) is 4.00. The number of carbonyl (C=O) groups excluding carboxylic acids is 1. The zero-order chi connectivity index (χ0) is 12.4. The number of hydrogen-bond acceptors (Lipinski definition) is 2. The maximum absolute atomic E-state index is 10.8. The fourth-order valence-corrected chi connectivity index (χ4v) is 4.69. The summed E-state index contributed by atoms with van der Waals surface area (Å²) in [5.74, 6) is 0.306. The van der Waals surface area contributed by atoms with Gasteiger partial charge in [-0.1, -0.05) is 27.2 Å². The van der Waals surface area contributed by atoms with E-state index in [1.807, 2.05) is 0 Å². The average Bonchev–Trinajstić information content (AvgIpc) is 2.29. The first-order valence-corrected chi connectivity index (χ1v) is 9.26. The first-order chi connectivity index (χ1) is 7.60. The highest BCUT2D eigenvalue weighted by atomic mass is 28.4. The van der Waals surface area contributed by atoms with Crippen molar-refractivity contribution >= 4 is 14.1 Å². The Balaban J connectivity index is 3.59. The first-order valence-electron chi connectivity index (χ1n) is 6.73. The quantitative estimate of drug-likeness (QED) is 0.426. The third-order valence-electron chi connectivity index (χ3n) is 3.51. The predicted octanol–water partition coefficient (Wildman–Crippen LogP) is 4.16. The molecular weight excluding hydrogens is 216 g/mol. The molecule has 0 aromatic heterocycles. The number of unbranched alkanes of at least 4 members (excludes halogenated alkanes) is 2. The number of rotatable bonds is 10. The van der Waals surface area contributed by atoms with Crippen LogP contribution in [0, 0.1) is 0 Å². The van der Waals surface area contributed by atoms with E-state index in [4.69, 9.17) is 4.43 Å². The summed E-state index contributed by atoms with van der Waals surface area (Å²) in [5, 5.41) is 0. The van der Waals surface area contributed by atoms with Crippen LogP contribution in [0.5, 0.6) is 0 Å². The van der Waals surface area contributed by atoms with Crippen molar-refractivity contribution in [1.29, 1.82) is 0 Å². The molecule has 0 heterocycles. The Bertz CT molecular complexity index is 180. The van der Waals surface area contributed by atoms with Gasteiger partial charge in [-0.15, -0.1) is 0 Å². The molecule has 0 rings (SSSR count). The lowest BCUT2D eigenvalue weighted by molar-refractivity contribution is -0.117. The lowest BCUT2D eigenvalue weighted by atomic mass is 10.1. The van der Waals surface area contributed by atoms with Crippen LogP contribution < -0.4 is 0 Å². The lowest BCUT2D eigenvalue weighted by Crippen LogP contribution is -2.36. The Hall–Kier alpha value is -0.153. The Labute approximate surface area is 102 Å². The van der Waals surface area contributed by atoms with Crippen LogP contribution in [0.2, 0.25) is 18.1 Å². The van der Waals surface area contributed by atoms with Gasteiger partial charge in [0.25, 0.3) is 0 Å². The van der Waals surface area contributed by atoms with Crippen molar-refractivity contribution in [3.63, 3.8) is 0 Å². The zero-order valence-electron chi connectivity index (χ0n) is 11.5. The van der Waals surface area contributed by atoms with Crippen LogP contribution in [-0.4, -0.2) is 20.7 Å². The number of ketones is 1. The normalized spacial score (nSPS) is 11.8. The summed E-state index contributed by atoms with van der Waals surface area (Å²) in [6, 6.07) is 3.69. The van der Waals surface area contributed by atoms with Gasteiger partial charge in [0.15, 0.2) is 8.32 Å². The minimum absolute atomic E-state index is 0.306. The van der Waals surface area contributed by atoms with E-state index in [0.717, 1.165) is 32.3 Å². The second-order valence-electron chi connectivity index (χ2n) is 4.60. The van der Waals surface area contributed by atoms with E-state index in [1.54, 1.807) is 6.92 Å². The fraction of sp³-hybridized carbons (Fsp3) is 0.923. The Morgan fingerprint density at radius 1 is 1.00 bits per heavy atom. The zero-order valence-corrected chi connectivity index (χ0v) is 12.5. The largest absolute Gasteiger partial charge is 0.417 e. The minimum Gasteiger partial charge on any atom is -0.417 e. The van der Waals surface area contributed by atoms with Crippen LogP contribution in [-0.2, 0) is 9.22 Å². The standard InChI is InChI=1S/C13H28O2Si/c1-5-16(6-2,7-3)15-12-10-8-9-11-13(4)14/h5-12H2,1-4H3. The van der Waals surface area contributed by atoms with Crippen molar-refractivity contribution in [2.45, 2.75) is 71.5 Å². The van der Waals surface area contributed by atoms with Gasteiger partial charge < -0.3 is 9.22 Å². The van der Waals surface area contributed by atoms with Crippen molar-refractivity contribution in [3.05, 3.63) is 0 Å². The van der Waals surface area contributed by atoms with Gasteiger partial charge >= 0.3 is 0 Å². The Morgan fingerprint density at radius 2 is 1.56 bits per heavy atom. The number of Topliss-reactive ketones (excluding diaryl/α,β-unsaturated/α-hetero) is 1. The molecule has 0 amide bonds. The van der Waals surface area contributed by atoms with Crippen molar-refractivity contribution < 1.29 is 9.22 Å².